The quantitative estimate of drug-likeness (QED) is 0.530. The molecule has 0 unspecified atom stereocenters. The number of carbonyl (C=O) groups excluding carboxylic acids is 1. The zero-order chi connectivity index (χ0) is 23.8. The van der Waals surface area contributed by atoms with Gasteiger partial charge in [-0.05, 0) is 68.9 Å². The molecule has 0 saturated heterocycles. The molecule has 2 aromatic rings. The number of nitrogens with zero attached hydrogens (tertiary/aromatic N) is 2. The fourth-order valence-electron chi connectivity index (χ4n) is 3.24. The molecule has 2 heterocycles. The van der Waals surface area contributed by atoms with Crippen LogP contribution in [0.3, 0.4) is 0 Å². The van der Waals surface area contributed by atoms with Gasteiger partial charge in [-0.1, -0.05) is 32.9 Å². The lowest BCUT2D eigenvalue weighted by atomic mass is 10.00. The summed E-state index contributed by atoms with van der Waals surface area (Å²) in [7, 11) is 0. The van der Waals surface area contributed by atoms with Crippen molar-refractivity contribution >= 4 is 40.3 Å². The number of rotatable bonds is 3. The molecule has 0 fully saturated rings. The molecular formula is C27H34N2O3. The van der Waals surface area contributed by atoms with Gasteiger partial charge >= 0.3 is 0 Å². The third-order valence-electron chi connectivity index (χ3n) is 4.74. The molecule has 0 spiro atoms. The van der Waals surface area contributed by atoms with Crippen LogP contribution in [-0.2, 0) is 11.2 Å². The number of carbonyl (C=O) groups is 1. The van der Waals surface area contributed by atoms with E-state index in [0.717, 1.165) is 39.2 Å². The number of furan rings is 1. The van der Waals surface area contributed by atoms with E-state index >= 15 is 0 Å². The monoisotopic (exact) mass is 434 g/mol. The summed E-state index contributed by atoms with van der Waals surface area (Å²) in [4.78, 5) is 20.3. The summed E-state index contributed by atoms with van der Waals surface area (Å²) in [5.74, 6) is 1.23. The van der Waals surface area contributed by atoms with Crippen LogP contribution in [0.4, 0.5) is 0 Å². The Morgan fingerprint density at radius 2 is 1.94 bits per heavy atom. The average Bonchev–Trinajstić information content (AvgIpc) is 3.08. The number of hydrogen-bond donors (Lipinski definition) is 1. The molecule has 0 atom stereocenters. The highest BCUT2D eigenvalue weighted by atomic mass is 16.3. The van der Waals surface area contributed by atoms with Gasteiger partial charge in [0.05, 0.1) is 5.57 Å². The number of aliphatic hydroxyl groups excluding tert-OH is 1. The Kier molecular flexibility index (Phi) is 8.94. The Labute approximate surface area is 191 Å². The molecule has 5 heteroatoms. The summed E-state index contributed by atoms with van der Waals surface area (Å²) >= 11 is 0. The maximum atomic E-state index is 11.8. The number of aliphatic hydroxyl groups is 1. The summed E-state index contributed by atoms with van der Waals surface area (Å²) in [5.41, 5.74) is 4.89. The minimum Gasteiger partial charge on any atom is -0.507 e. The van der Waals surface area contributed by atoms with Crippen LogP contribution in [0.25, 0.3) is 22.1 Å². The van der Waals surface area contributed by atoms with Crippen LogP contribution in [-0.4, -0.2) is 29.9 Å². The van der Waals surface area contributed by atoms with E-state index in [1.807, 2.05) is 33.0 Å². The SMILES string of the molecule is CC(C)C.CC=N/C=C(\C)c1ccc2c3c(oc2c1)/C(C)=C/C(O)=C(/C(C)=O)C=NCC3. The fraction of sp³-hybridized carbons (Fsp3) is 0.370. The van der Waals surface area contributed by atoms with Crippen molar-refractivity contribution in [2.75, 3.05) is 6.54 Å². The van der Waals surface area contributed by atoms with E-state index in [4.69, 9.17) is 4.42 Å². The van der Waals surface area contributed by atoms with E-state index in [9.17, 15) is 9.90 Å². The number of aliphatic imine (C=N–C) groups is 2. The molecule has 1 aromatic heterocycles. The lowest BCUT2D eigenvalue weighted by Gasteiger charge is -2.06. The smallest absolute Gasteiger partial charge is 0.165 e. The van der Waals surface area contributed by atoms with Gasteiger partial charge in [0, 0.05) is 36.1 Å². The standard InChI is InChI=1S/C23H24N2O3.C4H10/c1-5-24-12-15(3)17-6-7-18-19-8-9-25-13-20(16(4)26)21(27)10-14(2)23(19)28-22(18)11-17;1-4(2)3/h5-7,10-13,27H,8-9H2,1-4H3;4H,1-3H3/b14-10+,15-12+,21-20-,24-5?,25-13?;. The van der Waals surface area contributed by atoms with E-state index in [-0.39, 0.29) is 17.1 Å². The number of hydrogen-bond acceptors (Lipinski definition) is 5. The van der Waals surface area contributed by atoms with Crippen molar-refractivity contribution in [2.45, 2.75) is 54.9 Å². The third-order valence-corrected chi connectivity index (χ3v) is 4.74. The van der Waals surface area contributed by atoms with Crippen molar-refractivity contribution < 1.29 is 14.3 Å². The normalized spacial score (nSPS) is 18.9. The molecule has 0 saturated carbocycles. The Morgan fingerprint density at radius 3 is 2.56 bits per heavy atom. The van der Waals surface area contributed by atoms with Crippen molar-refractivity contribution in [1.29, 1.82) is 0 Å². The molecular weight excluding hydrogens is 400 g/mol. The van der Waals surface area contributed by atoms with Gasteiger partial charge in [0.2, 0.25) is 0 Å². The zero-order valence-corrected chi connectivity index (χ0v) is 20.2. The first-order valence-electron chi connectivity index (χ1n) is 11.0. The molecule has 0 radical (unpaired) electrons. The van der Waals surface area contributed by atoms with E-state index < -0.39 is 0 Å². The number of ketones is 1. The van der Waals surface area contributed by atoms with Crippen LogP contribution < -0.4 is 0 Å². The van der Waals surface area contributed by atoms with Crippen molar-refractivity contribution in [3.05, 3.63) is 58.7 Å². The van der Waals surface area contributed by atoms with Crippen molar-refractivity contribution in [3.63, 3.8) is 0 Å². The summed E-state index contributed by atoms with van der Waals surface area (Å²) in [6, 6.07) is 6.12. The van der Waals surface area contributed by atoms with Crippen LogP contribution in [0, 0.1) is 5.92 Å². The van der Waals surface area contributed by atoms with Gasteiger partial charge in [0.15, 0.2) is 5.78 Å². The van der Waals surface area contributed by atoms with Gasteiger partial charge in [-0.15, -0.1) is 0 Å². The lowest BCUT2D eigenvalue weighted by molar-refractivity contribution is -0.113. The second-order valence-electron chi connectivity index (χ2n) is 8.54. The van der Waals surface area contributed by atoms with E-state index in [1.54, 1.807) is 12.3 Å². The van der Waals surface area contributed by atoms with E-state index in [0.29, 0.717) is 18.7 Å². The molecule has 3 rings (SSSR count). The first kappa shape index (κ1) is 25.1. The van der Waals surface area contributed by atoms with Crippen LogP contribution in [0.1, 0.15) is 65.4 Å². The molecule has 1 aromatic carbocycles. The van der Waals surface area contributed by atoms with Gasteiger partial charge in [0.25, 0.3) is 0 Å². The highest BCUT2D eigenvalue weighted by Crippen LogP contribution is 2.34. The van der Waals surface area contributed by atoms with Gasteiger partial charge in [-0.3, -0.25) is 14.8 Å². The predicted molar refractivity (Wildman–Crippen MR) is 136 cm³/mol. The second-order valence-corrected chi connectivity index (χ2v) is 8.54. The first-order valence-corrected chi connectivity index (χ1v) is 11.0. The highest BCUT2D eigenvalue weighted by molar-refractivity contribution is 6.13. The maximum absolute atomic E-state index is 11.8. The minimum absolute atomic E-state index is 0.0982. The molecule has 0 amide bonds. The van der Waals surface area contributed by atoms with Gasteiger partial charge in [-0.2, -0.15) is 0 Å². The third kappa shape index (κ3) is 6.39. The van der Waals surface area contributed by atoms with Gasteiger partial charge in [0.1, 0.15) is 17.1 Å². The predicted octanol–water partition coefficient (Wildman–Crippen LogP) is 6.98. The molecule has 0 bridgehead atoms. The van der Waals surface area contributed by atoms with Crippen LogP contribution >= 0.6 is 0 Å². The van der Waals surface area contributed by atoms with E-state index in [2.05, 4.69) is 42.9 Å². The summed E-state index contributed by atoms with van der Waals surface area (Å²) in [6.07, 6.45) is 7.27. The molecule has 1 N–H and O–H groups in total. The Bertz CT molecular complexity index is 1120. The van der Waals surface area contributed by atoms with Crippen LogP contribution in [0.5, 0.6) is 0 Å². The molecule has 1 aliphatic heterocycles. The number of benzene rings is 1. The topological polar surface area (TPSA) is 75.2 Å². The number of allylic oxidation sites excluding steroid dienone is 4. The van der Waals surface area contributed by atoms with Gasteiger partial charge < -0.3 is 9.52 Å². The first-order chi connectivity index (χ1) is 15.1. The van der Waals surface area contributed by atoms with Crippen molar-refractivity contribution in [2.24, 2.45) is 15.9 Å². The summed E-state index contributed by atoms with van der Waals surface area (Å²) in [5, 5.41) is 11.4. The van der Waals surface area contributed by atoms with Crippen LogP contribution in [0.15, 0.2) is 56.2 Å². The number of fused-ring (bicyclic) bond motifs is 3. The second kappa shape index (κ2) is 11.4. The molecule has 170 valence electrons. The maximum Gasteiger partial charge on any atom is 0.165 e. The molecule has 32 heavy (non-hydrogen) atoms. The summed E-state index contributed by atoms with van der Waals surface area (Å²) < 4.78 is 6.17. The number of Topliss-reactive ketones (excluding diaryl/α,β-unsaturated/α-hetero) is 1. The van der Waals surface area contributed by atoms with Crippen molar-refractivity contribution in [1.82, 2.24) is 0 Å². The lowest BCUT2D eigenvalue weighted by Crippen LogP contribution is -2.05. The zero-order valence-electron chi connectivity index (χ0n) is 20.2. The van der Waals surface area contributed by atoms with E-state index in [1.165, 1.54) is 13.1 Å². The Morgan fingerprint density at radius 1 is 1.25 bits per heavy atom. The van der Waals surface area contributed by atoms with Crippen LogP contribution in [0.2, 0.25) is 0 Å². The molecule has 5 nitrogen and oxygen atoms in total. The Balaban J connectivity index is 0.000000837. The molecule has 1 aliphatic rings. The fourth-order valence-corrected chi connectivity index (χ4v) is 3.24. The minimum atomic E-state index is -0.225. The van der Waals surface area contributed by atoms with Crippen molar-refractivity contribution in [3.8, 4) is 0 Å². The Hall–Kier alpha value is -3.21. The largest absolute Gasteiger partial charge is 0.507 e. The molecule has 0 aliphatic carbocycles. The highest BCUT2D eigenvalue weighted by Gasteiger charge is 2.18. The van der Waals surface area contributed by atoms with Gasteiger partial charge in [-0.25, -0.2) is 0 Å². The summed E-state index contributed by atoms with van der Waals surface area (Å²) in [6.45, 7) is 14.2. The average molecular weight is 435 g/mol.